The van der Waals surface area contributed by atoms with E-state index in [1.54, 1.807) is 16.8 Å². The zero-order valence-electron chi connectivity index (χ0n) is 9.45. The molecule has 0 saturated carbocycles. The molecule has 2 N–H and O–H groups in total. The van der Waals surface area contributed by atoms with Crippen LogP contribution in [0, 0.1) is 0 Å². The van der Waals surface area contributed by atoms with Gasteiger partial charge in [-0.2, -0.15) is 24.5 Å². The van der Waals surface area contributed by atoms with Crippen molar-refractivity contribution in [3.63, 3.8) is 0 Å². The first-order chi connectivity index (χ1) is 8.41. The Hall–Kier alpha value is -0.750. The molecule has 2 rings (SSSR count). The van der Waals surface area contributed by atoms with Gasteiger partial charge < -0.3 is 5.73 Å². The highest BCUT2D eigenvalue weighted by Gasteiger charge is 2.35. The normalized spacial score (nSPS) is 12.9. The molecule has 7 heteroatoms. The maximum atomic E-state index is 12.9. The Morgan fingerprint density at radius 3 is 2.42 bits per heavy atom. The molecule has 0 fully saturated rings. The van der Waals surface area contributed by atoms with E-state index in [9.17, 15) is 13.2 Å². The summed E-state index contributed by atoms with van der Waals surface area (Å²) >= 11 is 7.25. The number of thiophene rings is 1. The summed E-state index contributed by atoms with van der Waals surface area (Å²) in [5, 5.41) is 3.51. The van der Waals surface area contributed by atoms with Gasteiger partial charge in [0.05, 0.1) is 11.6 Å². The minimum absolute atomic E-state index is 0. The van der Waals surface area contributed by atoms with Crippen molar-refractivity contribution >= 4 is 35.3 Å². The van der Waals surface area contributed by atoms with Crippen molar-refractivity contribution in [2.24, 2.45) is 5.73 Å². The first kappa shape index (κ1) is 16.3. The number of alkyl halides is 3. The SMILES string of the molecule is Cl.N[C@@H](c1ccsc1)c1c(Cl)cccc1C(F)(F)F. The maximum absolute atomic E-state index is 12.9. The second-order valence-electron chi connectivity index (χ2n) is 3.73. The van der Waals surface area contributed by atoms with Gasteiger partial charge in [-0.15, -0.1) is 12.4 Å². The molecule has 2 aromatic rings. The van der Waals surface area contributed by atoms with Crippen LogP contribution >= 0.6 is 35.3 Å². The van der Waals surface area contributed by atoms with Gasteiger partial charge in [0.1, 0.15) is 0 Å². The zero-order chi connectivity index (χ0) is 13.3. The Morgan fingerprint density at radius 1 is 1.21 bits per heavy atom. The van der Waals surface area contributed by atoms with Gasteiger partial charge in [0.2, 0.25) is 0 Å². The number of hydrogen-bond acceptors (Lipinski definition) is 2. The van der Waals surface area contributed by atoms with Crippen molar-refractivity contribution in [2.75, 3.05) is 0 Å². The summed E-state index contributed by atoms with van der Waals surface area (Å²) in [4.78, 5) is 0. The van der Waals surface area contributed by atoms with Crippen molar-refractivity contribution in [1.82, 2.24) is 0 Å². The van der Waals surface area contributed by atoms with Crippen LogP contribution < -0.4 is 5.73 Å². The summed E-state index contributed by atoms with van der Waals surface area (Å²) < 4.78 is 38.8. The average molecular weight is 328 g/mol. The lowest BCUT2D eigenvalue weighted by atomic mass is 9.96. The van der Waals surface area contributed by atoms with Crippen LogP contribution in [0.15, 0.2) is 35.0 Å². The largest absolute Gasteiger partial charge is 0.416 e. The monoisotopic (exact) mass is 327 g/mol. The topological polar surface area (TPSA) is 26.0 Å². The van der Waals surface area contributed by atoms with E-state index >= 15 is 0 Å². The number of nitrogens with two attached hydrogens (primary N) is 1. The summed E-state index contributed by atoms with van der Waals surface area (Å²) in [7, 11) is 0. The van der Waals surface area contributed by atoms with Gasteiger partial charge in [0.15, 0.2) is 0 Å². The average Bonchev–Trinajstić information content (AvgIpc) is 2.80. The van der Waals surface area contributed by atoms with Crippen LogP contribution in [-0.2, 0) is 6.18 Å². The molecule has 1 heterocycles. The van der Waals surface area contributed by atoms with Gasteiger partial charge in [0, 0.05) is 10.6 Å². The molecule has 0 bridgehead atoms. The fourth-order valence-electron chi connectivity index (χ4n) is 1.72. The van der Waals surface area contributed by atoms with Crippen LogP contribution in [0.4, 0.5) is 13.2 Å². The second-order valence-corrected chi connectivity index (χ2v) is 4.92. The van der Waals surface area contributed by atoms with E-state index in [1.807, 2.05) is 0 Å². The number of rotatable bonds is 2. The summed E-state index contributed by atoms with van der Waals surface area (Å²) in [5.41, 5.74) is 5.64. The predicted octanol–water partition coefficient (Wildman–Crippen LogP) is 4.89. The van der Waals surface area contributed by atoms with Crippen molar-refractivity contribution in [2.45, 2.75) is 12.2 Å². The molecule has 104 valence electrons. The Kier molecular flexibility index (Phi) is 5.26. The number of hydrogen-bond donors (Lipinski definition) is 1. The number of benzene rings is 1. The standard InChI is InChI=1S/C12H9ClF3NS.ClH/c13-9-3-1-2-8(12(14,15)16)10(9)11(17)7-4-5-18-6-7;/h1-6,11H,17H2;1H/t11-;/m0./s1. The van der Waals surface area contributed by atoms with E-state index in [0.717, 1.165) is 6.07 Å². The highest BCUT2D eigenvalue weighted by atomic mass is 35.5. The summed E-state index contributed by atoms with van der Waals surface area (Å²) in [6.07, 6.45) is -4.46. The predicted molar refractivity (Wildman–Crippen MR) is 74.1 cm³/mol. The summed E-state index contributed by atoms with van der Waals surface area (Å²) in [5.74, 6) is 0. The molecule has 0 spiro atoms. The molecule has 1 aromatic carbocycles. The van der Waals surface area contributed by atoms with Crippen LogP contribution in [0.2, 0.25) is 5.02 Å². The van der Waals surface area contributed by atoms with Crippen LogP contribution in [0.5, 0.6) is 0 Å². The van der Waals surface area contributed by atoms with Crippen molar-refractivity contribution in [3.8, 4) is 0 Å². The van der Waals surface area contributed by atoms with E-state index in [-0.39, 0.29) is 23.0 Å². The molecule has 0 aliphatic heterocycles. The number of halogens is 5. The van der Waals surface area contributed by atoms with E-state index < -0.39 is 17.8 Å². The molecule has 0 amide bonds. The lowest BCUT2D eigenvalue weighted by molar-refractivity contribution is -0.138. The van der Waals surface area contributed by atoms with Gasteiger partial charge in [0.25, 0.3) is 0 Å². The van der Waals surface area contributed by atoms with E-state index in [1.165, 1.54) is 23.5 Å². The maximum Gasteiger partial charge on any atom is 0.416 e. The quantitative estimate of drug-likeness (QED) is 0.834. The molecule has 0 aliphatic rings. The first-order valence-corrected chi connectivity index (χ1v) is 6.36. The van der Waals surface area contributed by atoms with E-state index in [2.05, 4.69) is 0 Å². The Balaban J connectivity index is 0.00000180. The lowest BCUT2D eigenvalue weighted by Gasteiger charge is -2.19. The van der Waals surface area contributed by atoms with Crippen molar-refractivity contribution < 1.29 is 13.2 Å². The third-order valence-corrected chi connectivity index (χ3v) is 3.60. The minimum Gasteiger partial charge on any atom is -0.320 e. The molecule has 0 saturated heterocycles. The van der Waals surface area contributed by atoms with Crippen LogP contribution in [-0.4, -0.2) is 0 Å². The molecular weight excluding hydrogens is 318 g/mol. The molecule has 0 radical (unpaired) electrons. The third kappa shape index (κ3) is 3.42. The van der Waals surface area contributed by atoms with Gasteiger partial charge in [-0.05, 0) is 34.5 Å². The molecule has 0 aliphatic carbocycles. The van der Waals surface area contributed by atoms with E-state index in [4.69, 9.17) is 17.3 Å². The molecule has 0 unspecified atom stereocenters. The first-order valence-electron chi connectivity index (χ1n) is 5.04. The van der Waals surface area contributed by atoms with Gasteiger partial charge in [-0.25, -0.2) is 0 Å². The smallest absolute Gasteiger partial charge is 0.320 e. The highest BCUT2D eigenvalue weighted by Crippen LogP contribution is 2.39. The van der Waals surface area contributed by atoms with Crippen molar-refractivity contribution in [3.05, 3.63) is 56.7 Å². The van der Waals surface area contributed by atoms with Gasteiger partial charge in [-0.1, -0.05) is 17.7 Å². The Labute approximate surface area is 123 Å². The second kappa shape index (κ2) is 6.13. The van der Waals surface area contributed by atoms with Crippen LogP contribution in [0.1, 0.15) is 22.7 Å². The lowest BCUT2D eigenvalue weighted by Crippen LogP contribution is -2.18. The Morgan fingerprint density at radius 2 is 1.89 bits per heavy atom. The van der Waals surface area contributed by atoms with E-state index in [0.29, 0.717) is 5.56 Å². The minimum atomic E-state index is -4.46. The fraction of sp³-hybridized carbons (Fsp3) is 0.167. The molecule has 1 nitrogen and oxygen atoms in total. The molecule has 19 heavy (non-hydrogen) atoms. The molecule has 1 aromatic heterocycles. The fourth-order valence-corrected chi connectivity index (χ4v) is 2.71. The molecule has 1 atom stereocenters. The van der Waals surface area contributed by atoms with Gasteiger partial charge >= 0.3 is 6.18 Å². The summed E-state index contributed by atoms with van der Waals surface area (Å²) in [6.45, 7) is 0. The third-order valence-electron chi connectivity index (χ3n) is 2.57. The van der Waals surface area contributed by atoms with Crippen LogP contribution in [0.3, 0.4) is 0 Å². The van der Waals surface area contributed by atoms with Crippen LogP contribution in [0.25, 0.3) is 0 Å². The van der Waals surface area contributed by atoms with Crippen molar-refractivity contribution in [1.29, 1.82) is 0 Å². The zero-order valence-corrected chi connectivity index (χ0v) is 11.8. The molecular formula is C12H10Cl2F3NS. The Bertz CT molecular complexity index is 540. The summed E-state index contributed by atoms with van der Waals surface area (Å²) in [6, 6.07) is 4.50. The highest BCUT2D eigenvalue weighted by molar-refractivity contribution is 7.08. The van der Waals surface area contributed by atoms with Gasteiger partial charge in [-0.3, -0.25) is 0 Å².